The molecule has 0 saturated heterocycles. The monoisotopic (exact) mass is 501 g/mol. The summed E-state index contributed by atoms with van der Waals surface area (Å²) in [6, 6.07) is 10.6. The van der Waals surface area contributed by atoms with Gasteiger partial charge in [0, 0.05) is 25.1 Å². The molecule has 8 heteroatoms. The van der Waals surface area contributed by atoms with Crippen molar-refractivity contribution >= 4 is 5.91 Å². The van der Waals surface area contributed by atoms with Gasteiger partial charge in [-0.15, -0.1) is 0 Å². The highest BCUT2D eigenvalue weighted by atomic mass is 19.1. The van der Waals surface area contributed by atoms with Crippen molar-refractivity contribution in [2.75, 3.05) is 6.54 Å². The Kier molecular flexibility index (Phi) is 8.95. The number of carbonyl (C=O) groups is 1. The fraction of sp³-hybridized carbons (Fsp3) is 0.536. The van der Waals surface area contributed by atoms with Crippen LogP contribution in [0, 0.1) is 16.5 Å². The number of rotatable bonds is 9. The van der Waals surface area contributed by atoms with Crippen molar-refractivity contribution in [3.63, 3.8) is 0 Å². The summed E-state index contributed by atoms with van der Waals surface area (Å²) < 4.78 is 27.4. The molecule has 0 unspecified atom stereocenters. The van der Waals surface area contributed by atoms with Crippen LogP contribution in [0.4, 0.5) is 8.78 Å². The van der Waals surface area contributed by atoms with Crippen LogP contribution in [-0.2, 0) is 22.2 Å². The quantitative estimate of drug-likeness (QED) is 0.428. The zero-order valence-electron chi connectivity index (χ0n) is 21.5. The number of nitrogens with zero attached hydrogens (tertiary/aromatic N) is 1. The molecule has 1 amide bonds. The van der Waals surface area contributed by atoms with Crippen LogP contribution < -0.4 is 10.6 Å². The second kappa shape index (κ2) is 11.6. The van der Waals surface area contributed by atoms with E-state index in [1.54, 1.807) is 0 Å². The Balaban J connectivity index is 1.84. The van der Waals surface area contributed by atoms with Gasteiger partial charge in [0.1, 0.15) is 11.6 Å². The van der Waals surface area contributed by atoms with Crippen molar-refractivity contribution in [2.24, 2.45) is 5.18 Å². The fourth-order valence-corrected chi connectivity index (χ4v) is 5.02. The third kappa shape index (κ3) is 7.17. The van der Waals surface area contributed by atoms with E-state index in [2.05, 4.69) is 54.8 Å². The number of nitroso groups, excluding NO2 is 1. The van der Waals surface area contributed by atoms with Gasteiger partial charge in [0.05, 0.1) is 18.2 Å². The molecule has 1 aliphatic rings. The van der Waals surface area contributed by atoms with E-state index >= 15 is 0 Å². The highest BCUT2D eigenvalue weighted by molar-refractivity contribution is 5.73. The molecule has 1 saturated carbocycles. The van der Waals surface area contributed by atoms with E-state index in [0.717, 1.165) is 11.6 Å². The third-order valence-electron chi connectivity index (χ3n) is 7.12. The van der Waals surface area contributed by atoms with Crippen molar-refractivity contribution in [1.29, 1.82) is 0 Å². The van der Waals surface area contributed by atoms with Crippen LogP contribution in [0.5, 0.6) is 0 Å². The van der Waals surface area contributed by atoms with Gasteiger partial charge in [-0.3, -0.25) is 4.79 Å². The van der Waals surface area contributed by atoms with E-state index in [9.17, 15) is 23.6 Å². The summed E-state index contributed by atoms with van der Waals surface area (Å²) >= 11 is 0. The molecule has 2 aromatic rings. The maximum absolute atomic E-state index is 13.7. The van der Waals surface area contributed by atoms with Gasteiger partial charge < -0.3 is 15.7 Å². The number of nitrogens with one attached hydrogen (secondary N) is 2. The van der Waals surface area contributed by atoms with Gasteiger partial charge in [0.15, 0.2) is 0 Å². The van der Waals surface area contributed by atoms with E-state index in [1.165, 1.54) is 24.6 Å². The molecule has 3 N–H and O–H groups in total. The Morgan fingerprint density at radius 3 is 2.33 bits per heavy atom. The van der Waals surface area contributed by atoms with Crippen molar-refractivity contribution < 1.29 is 18.7 Å². The SMILES string of the molecule is CC(=O)N[C@@H](Cc1cc(F)cc(F)c1)[C@H](O)CNC1(c2cccc(C(C)(C)C)c2)CCC(N=O)CC1. The normalized spacial score (nSPS) is 22.0. The number of hydrogen-bond donors (Lipinski definition) is 3. The van der Waals surface area contributed by atoms with E-state index in [-0.39, 0.29) is 30.3 Å². The lowest BCUT2D eigenvalue weighted by Gasteiger charge is -2.42. The Morgan fingerprint density at radius 2 is 1.78 bits per heavy atom. The van der Waals surface area contributed by atoms with Gasteiger partial charge in [0.2, 0.25) is 5.91 Å². The maximum atomic E-state index is 13.7. The van der Waals surface area contributed by atoms with Crippen LogP contribution in [0.1, 0.15) is 70.1 Å². The van der Waals surface area contributed by atoms with E-state index in [0.29, 0.717) is 31.2 Å². The van der Waals surface area contributed by atoms with E-state index < -0.39 is 29.3 Å². The molecule has 3 rings (SSSR count). The number of hydrogen-bond acceptors (Lipinski definition) is 5. The van der Waals surface area contributed by atoms with Crippen LogP contribution in [0.2, 0.25) is 0 Å². The highest BCUT2D eigenvalue weighted by Gasteiger charge is 2.38. The van der Waals surface area contributed by atoms with Crippen molar-refractivity contribution in [3.05, 3.63) is 75.7 Å². The largest absolute Gasteiger partial charge is 0.390 e. The number of benzene rings is 2. The van der Waals surface area contributed by atoms with Crippen LogP contribution >= 0.6 is 0 Å². The Bertz CT molecular complexity index is 1040. The number of halogens is 2. The minimum absolute atomic E-state index is 0.0466. The minimum Gasteiger partial charge on any atom is -0.390 e. The molecular weight excluding hydrogens is 464 g/mol. The van der Waals surface area contributed by atoms with E-state index in [1.807, 2.05) is 6.07 Å². The molecule has 0 aliphatic heterocycles. The predicted molar refractivity (Wildman–Crippen MR) is 137 cm³/mol. The zero-order valence-corrected chi connectivity index (χ0v) is 21.5. The van der Waals surface area contributed by atoms with Crippen molar-refractivity contribution in [2.45, 2.75) is 88.9 Å². The first-order chi connectivity index (χ1) is 16.9. The first-order valence-corrected chi connectivity index (χ1v) is 12.5. The molecule has 0 spiro atoms. The van der Waals surface area contributed by atoms with Gasteiger partial charge >= 0.3 is 0 Å². The number of carbonyl (C=O) groups excluding carboxylic acids is 1. The van der Waals surface area contributed by atoms with Crippen molar-refractivity contribution in [1.82, 2.24) is 10.6 Å². The molecule has 1 aliphatic carbocycles. The zero-order chi connectivity index (χ0) is 26.5. The Labute approximate surface area is 211 Å². The lowest BCUT2D eigenvalue weighted by Crippen LogP contribution is -2.53. The van der Waals surface area contributed by atoms with Crippen LogP contribution in [0.25, 0.3) is 0 Å². The molecular formula is C28H37F2N3O3. The van der Waals surface area contributed by atoms with Crippen LogP contribution in [0.3, 0.4) is 0 Å². The van der Waals surface area contributed by atoms with Crippen molar-refractivity contribution in [3.8, 4) is 0 Å². The smallest absolute Gasteiger partial charge is 0.217 e. The van der Waals surface area contributed by atoms with E-state index in [4.69, 9.17) is 0 Å². The molecule has 0 bridgehead atoms. The highest BCUT2D eigenvalue weighted by Crippen LogP contribution is 2.39. The lowest BCUT2D eigenvalue weighted by atomic mass is 9.73. The second-order valence-electron chi connectivity index (χ2n) is 11.0. The molecule has 196 valence electrons. The molecule has 2 aromatic carbocycles. The number of amides is 1. The first kappa shape index (κ1) is 27.9. The molecule has 0 heterocycles. The fourth-order valence-electron chi connectivity index (χ4n) is 5.02. The average molecular weight is 502 g/mol. The summed E-state index contributed by atoms with van der Waals surface area (Å²) in [6.07, 6.45) is 1.65. The van der Waals surface area contributed by atoms with Gasteiger partial charge in [-0.1, -0.05) is 50.2 Å². The standard InChI is InChI=1S/C28H37F2N3O3/c1-18(34)32-25(14-19-12-22(29)16-23(30)13-19)26(35)17-31-28(10-8-24(33-36)9-11-28)21-7-5-6-20(15-21)27(2,3)4/h5-7,12-13,15-16,24-26,31,35H,8-11,14,17H2,1-4H3,(H,32,34)/t24?,25-,26+,28?/m0/s1. The predicted octanol–water partition coefficient (Wildman–Crippen LogP) is 4.86. The molecule has 1 fully saturated rings. The van der Waals surface area contributed by atoms with Crippen LogP contribution in [-0.4, -0.2) is 35.7 Å². The molecule has 2 atom stereocenters. The summed E-state index contributed by atoms with van der Waals surface area (Å²) in [6.45, 7) is 7.93. The first-order valence-electron chi connectivity index (χ1n) is 12.5. The van der Waals surface area contributed by atoms with Crippen LogP contribution in [0.15, 0.2) is 47.6 Å². The summed E-state index contributed by atoms with van der Waals surface area (Å²) in [4.78, 5) is 23.0. The second-order valence-corrected chi connectivity index (χ2v) is 11.0. The van der Waals surface area contributed by atoms with Gasteiger partial charge in [-0.25, -0.2) is 8.78 Å². The Morgan fingerprint density at radius 1 is 1.14 bits per heavy atom. The third-order valence-corrected chi connectivity index (χ3v) is 7.12. The molecule has 0 radical (unpaired) electrons. The number of aliphatic hydroxyl groups is 1. The average Bonchev–Trinajstić information content (AvgIpc) is 2.81. The summed E-state index contributed by atoms with van der Waals surface area (Å²) in [5.41, 5.74) is 2.08. The summed E-state index contributed by atoms with van der Waals surface area (Å²) in [5, 5.41) is 20.6. The maximum Gasteiger partial charge on any atom is 0.217 e. The number of aliphatic hydroxyl groups excluding tert-OH is 1. The Hall–Kier alpha value is -2.71. The minimum atomic E-state index is -1.02. The van der Waals surface area contributed by atoms with Gasteiger partial charge in [-0.2, -0.15) is 4.91 Å². The topological polar surface area (TPSA) is 90.8 Å². The molecule has 36 heavy (non-hydrogen) atoms. The van der Waals surface area contributed by atoms with Gasteiger partial charge in [-0.05, 0) is 66.3 Å². The summed E-state index contributed by atoms with van der Waals surface area (Å²) in [5.74, 6) is -1.77. The molecule has 0 aromatic heterocycles. The molecule has 6 nitrogen and oxygen atoms in total. The van der Waals surface area contributed by atoms with Gasteiger partial charge in [0.25, 0.3) is 0 Å². The summed E-state index contributed by atoms with van der Waals surface area (Å²) in [7, 11) is 0. The lowest BCUT2D eigenvalue weighted by molar-refractivity contribution is -0.120.